The third-order valence-corrected chi connectivity index (χ3v) is 5.18. The predicted molar refractivity (Wildman–Crippen MR) is 110 cm³/mol. The van der Waals surface area contributed by atoms with Crippen LogP contribution < -0.4 is 11.1 Å². The summed E-state index contributed by atoms with van der Waals surface area (Å²) >= 11 is 6.38. The van der Waals surface area contributed by atoms with Crippen molar-refractivity contribution in [2.24, 2.45) is 11.7 Å². The van der Waals surface area contributed by atoms with Gasteiger partial charge >= 0.3 is 0 Å². The van der Waals surface area contributed by atoms with Crippen molar-refractivity contribution < 1.29 is 4.79 Å². The minimum Gasteiger partial charge on any atom is -0.354 e. The predicted octanol–water partition coefficient (Wildman–Crippen LogP) is 3.81. The Morgan fingerprint density at radius 1 is 1.28 bits per heavy atom. The van der Waals surface area contributed by atoms with Crippen LogP contribution in [0.4, 0.5) is 0 Å². The van der Waals surface area contributed by atoms with Crippen LogP contribution >= 0.6 is 36.4 Å². The number of nitrogens with two attached hydrogens (primary N) is 1. The van der Waals surface area contributed by atoms with Gasteiger partial charge < -0.3 is 11.1 Å². The van der Waals surface area contributed by atoms with E-state index in [0.29, 0.717) is 6.54 Å². The normalized spacial score (nSPS) is 20.5. The van der Waals surface area contributed by atoms with E-state index in [1.165, 1.54) is 0 Å². The maximum absolute atomic E-state index is 12.4. The van der Waals surface area contributed by atoms with Crippen molar-refractivity contribution in [2.75, 3.05) is 19.6 Å². The van der Waals surface area contributed by atoms with Crippen molar-refractivity contribution in [3.8, 4) is 0 Å². The lowest BCUT2D eigenvalue weighted by Crippen LogP contribution is -2.40. The fraction of sp³-hybridized carbons (Fsp3) is 0.611. The SMILES string of the molecule is CCN(CC)C(CNC(=O)C1CCC(N)C1)c1ccccc1Cl.Cl.Cl. The second-order valence-electron chi connectivity index (χ2n) is 6.27. The number of hydrogen-bond acceptors (Lipinski definition) is 3. The molecular formula is C18H30Cl3N3O. The van der Waals surface area contributed by atoms with E-state index in [4.69, 9.17) is 17.3 Å². The molecule has 4 nitrogen and oxygen atoms in total. The van der Waals surface area contributed by atoms with Gasteiger partial charge in [0.25, 0.3) is 0 Å². The van der Waals surface area contributed by atoms with Gasteiger partial charge in [0, 0.05) is 23.5 Å². The molecule has 1 aromatic rings. The molecule has 1 amide bonds. The Morgan fingerprint density at radius 2 is 1.92 bits per heavy atom. The van der Waals surface area contributed by atoms with Crippen LogP contribution in [0.15, 0.2) is 24.3 Å². The topological polar surface area (TPSA) is 58.4 Å². The number of benzene rings is 1. The number of carbonyl (C=O) groups excluding carboxylic acids is 1. The van der Waals surface area contributed by atoms with Crippen LogP contribution in [0.1, 0.15) is 44.7 Å². The number of hydrogen-bond donors (Lipinski definition) is 2. The molecule has 3 atom stereocenters. The van der Waals surface area contributed by atoms with Crippen LogP contribution in [-0.2, 0) is 4.79 Å². The van der Waals surface area contributed by atoms with Gasteiger partial charge in [0.1, 0.15) is 0 Å². The maximum Gasteiger partial charge on any atom is 0.223 e. The molecule has 1 aliphatic rings. The lowest BCUT2D eigenvalue weighted by molar-refractivity contribution is -0.125. The number of halogens is 3. The fourth-order valence-electron chi connectivity index (χ4n) is 3.44. The Labute approximate surface area is 168 Å². The molecule has 0 radical (unpaired) electrons. The van der Waals surface area contributed by atoms with Crippen molar-refractivity contribution in [1.82, 2.24) is 10.2 Å². The number of nitrogens with zero attached hydrogens (tertiary/aromatic N) is 1. The van der Waals surface area contributed by atoms with Crippen molar-refractivity contribution in [1.29, 1.82) is 0 Å². The molecule has 1 saturated carbocycles. The monoisotopic (exact) mass is 409 g/mol. The zero-order chi connectivity index (χ0) is 16.8. The highest BCUT2D eigenvalue weighted by Crippen LogP contribution is 2.28. The molecule has 0 bridgehead atoms. The molecule has 0 aromatic heterocycles. The Morgan fingerprint density at radius 3 is 2.44 bits per heavy atom. The molecule has 1 aliphatic carbocycles. The standard InChI is InChI=1S/C18H28ClN3O.2ClH/c1-3-22(4-2)17(15-7-5-6-8-16(15)19)12-21-18(23)13-9-10-14(20)11-13;;/h5-8,13-14,17H,3-4,9-12,20H2,1-2H3,(H,21,23);2*1H. The third-order valence-electron chi connectivity index (χ3n) is 4.83. The Hall–Kier alpha value is -0.520. The zero-order valence-corrected chi connectivity index (χ0v) is 17.3. The van der Waals surface area contributed by atoms with Crippen LogP contribution in [-0.4, -0.2) is 36.5 Å². The molecule has 1 fully saturated rings. The van der Waals surface area contributed by atoms with E-state index < -0.39 is 0 Å². The van der Waals surface area contributed by atoms with Crippen molar-refractivity contribution >= 4 is 42.3 Å². The highest BCUT2D eigenvalue weighted by atomic mass is 35.5. The molecule has 3 N–H and O–H groups in total. The molecule has 0 heterocycles. The first-order valence-corrected chi connectivity index (χ1v) is 8.96. The number of likely N-dealkylation sites (N-methyl/N-ethyl adjacent to an activating group) is 1. The first-order valence-electron chi connectivity index (χ1n) is 8.58. The average Bonchev–Trinajstić information content (AvgIpc) is 2.98. The Kier molecular flexibility index (Phi) is 11.7. The van der Waals surface area contributed by atoms with Crippen LogP contribution in [0.3, 0.4) is 0 Å². The lowest BCUT2D eigenvalue weighted by atomic mass is 10.0. The minimum absolute atomic E-state index is 0. The molecule has 144 valence electrons. The van der Waals surface area contributed by atoms with Gasteiger partial charge in [-0.05, 0) is 44.0 Å². The Balaban J connectivity index is 0.00000288. The number of nitrogens with one attached hydrogen (secondary N) is 1. The van der Waals surface area contributed by atoms with Gasteiger partial charge in [0.2, 0.25) is 5.91 Å². The first kappa shape index (κ1) is 24.5. The minimum atomic E-state index is 0. The summed E-state index contributed by atoms with van der Waals surface area (Å²) in [4.78, 5) is 14.7. The summed E-state index contributed by atoms with van der Waals surface area (Å²) in [5.74, 6) is 0.191. The summed E-state index contributed by atoms with van der Waals surface area (Å²) in [5, 5.41) is 3.88. The van der Waals surface area contributed by atoms with E-state index in [2.05, 4.69) is 24.1 Å². The average molecular weight is 411 g/mol. The van der Waals surface area contributed by atoms with Gasteiger partial charge in [-0.15, -0.1) is 24.8 Å². The second-order valence-corrected chi connectivity index (χ2v) is 6.68. The van der Waals surface area contributed by atoms with Gasteiger partial charge in [-0.3, -0.25) is 9.69 Å². The highest BCUT2D eigenvalue weighted by Gasteiger charge is 2.29. The van der Waals surface area contributed by atoms with E-state index in [0.717, 1.165) is 42.9 Å². The van der Waals surface area contributed by atoms with Gasteiger partial charge in [0.15, 0.2) is 0 Å². The Bertz CT molecular complexity index is 526. The molecular weight excluding hydrogens is 381 g/mol. The fourth-order valence-corrected chi connectivity index (χ4v) is 3.70. The lowest BCUT2D eigenvalue weighted by Gasteiger charge is -2.31. The molecule has 0 aliphatic heterocycles. The van der Waals surface area contributed by atoms with Crippen LogP contribution in [0, 0.1) is 5.92 Å². The molecule has 25 heavy (non-hydrogen) atoms. The summed E-state index contributed by atoms with van der Waals surface area (Å²) in [7, 11) is 0. The van der Waals surface area contributed by atoms with E-state index in [1.54, 1.807) is 0 Å². The van der Waals surface area contributed by atoms with Crippen molar-refractivity contribution in [3.05, 3.63) is 34.9 Å². The van der Waals surface area contributed by atoms with Gasteiger partial charge in [-0.25, -0.2) is 0 Å². The molecule has 2 rings (SSSR count). The van der Waals surface area contributed by atoms with Gasteiger partial charge in [-0.1, -0.05) is 43.6 Å². The van der Waals surface area contributed by atoms with E-state index in [9.17, 15) is 4.79 Å². The second kappa shape index (κ2) is 12.0. The quantitative estimate of drug-likeness (QED) is 0.718. The summed E-state index contributed by atoms with van der Waals surface area (Å²) < 4.78 is 0. The zero-order valence-electron chi connectivity index (χ0n) is 14.9. The molecule has 0 saturated heterocycles. The maximum atomic E-state index is 12.4. The molecule has 3 unspecified atom stereocenters. The summed E-state index contributed by atoms with van der Waals surface area (Å²) in [6, 6.07) is 8.15. The van der Waals surface area contributed by atoms with Gasteiger partial charge in [-0.2, -0.15) is 0 Å². The largest absolute Gasteiger partial charge is 0.354 e. The molecule has 0 spiro atoms. The molecule has 7 heteroatoms. The van der Waals surface area contributed by atoms with Crippen LogP contribution in [0.5, 0.6) is 0 Å². The summed E-state index contributed by atoms with van der Waals surface area (Å²) in [5.41, 5.74) is 6.99. The number of rotatable bonds is 7. The first-order chi connectivity index (χ1) is 11.1. The summed E-state index contributed by atoms with van der Waals surface area (Å²) in [6.45, 7) is 6.67. The van der Waals surface area contributed by atoms with E-state index in [1.807, 2.05) is 24.3 Å². The van der Waals surface area contributed by atoms with Crippen LogP contribution in [0.2, 0.25) is 5.02 Å². The summed E-state index contributed by atoms with van der Waals surface area (Å²) in [6.07, 6.45) is 2.64. The van der Waals surface area contributed by atoms with Crippen molar-refractivity contribution in [2.45, 2.75) is 45.2 Å². The third kappa shape index (κ3) is 6.61. The number of amides is 1. The smallest absolute Gasteiger partial charge is 0.223 e. The number of carbonyl (C=O) groups is 1. The van der Waals surface area contributed by atoms with E-state index in [-0.39, 0.29) is 48.7 Å². The van der Waals surface area contributed by atoms with Gasteiger partial charge in [0.05, 0.1) is 6.04 Å². The highest BCUT2D eigenvalue weighted by molar-refractivity contribution is 6.31. The molecule has 1 aromatic carbocycles. The van der Waals surface area contributed by atoms with Crippen molar-refractivity contribution in [3.63, 3.8) is 0 Å². The van der Waals surface area contributed by atoms with Crippen LogP contribution in [0.25, 0.3) is 0 Å². The van der Waals surface area contributed by atoms with E-state index >= 15 is 0 Å².